The van der Waals surface area contributed by atoms with Gasteiger partial charge in [0.05, 0.1) is 6.61 Å². The average Bonchev–Trinajstić information content (AvgIpc) is 2.98. The zero-order valence-corrected chi connectivity index (χ0v) is 12.5. The Morgan fingerprint density at radius 1 is 1.48 bits per heavy atom. The van der Waals surface area contributed by atoms with Crippen LogP contribution in [0.2, 0.25) is 0 Å². The van der Waals surface area contributed by atoms with Crippen LogP contribution >= 0.6 is 0 Å². The second kappa shape index (κ2) is 5.85. The lowest BCUT2D eigenvalue weighted by Crippen LogP contribution is -2.28. The van der Waals surface area contributed by atoms with Crippen LogP contribution in [0.3, 0.4) is 0 Å². The lowest BCUT2D eigenvalue weighted by atomic mass is 9.98. The van der Waals surface area contributed by atoms with Gasteiger partial charge in [0.25, 0.3) is 0 Å². The van der Waals surface area contributed by atoms with Crippen LogP contribution in [-0.4, -0.2) is 42.6 Å². The SMILES string of the molecule is COCCN1C[C@H](Cc2ccc3oc(C)nc3c2)CC1=O. The lowest BCUT2D eigenvalue weighted by Gasteiger charge is -2.15. The number of benzene rings is 1. The molecule has 1 aromatic heterocycles. The number of aromatic nitrogens is 1. The van der Waals surface area contributed by atoms with Crippen molar-refractivity contribution < 1.29 is 13.9 Å². The van der Waals surface area contributed by atoms with Crippen molar-refractivity contribution >= 4 is 17.0 Å². The van der Waals surface area contributed by atoms with Gasteiger partial charge in [0.1, 0.15) is 5.52 Å². The molecule has 0 spiro atoms. The molecule has 112 valence electrons. The molecule has 0 saturated carbocycles. The van der Waals surface area contributed by atoms with Gasteiger partial charge in [-0.25, -0.2) is 4.98 Å². The van der Waals surface area contributed by atoms with E-state index in [0.717, 1.165) is 24.1 Å². The summed E-state index contributed by atoms with van der Waals surface area (Å²) in [4.78, 5) is 18.2. The zero-order chi connectivity index (χ0) is 14.8. The van der Waals surface area contributed by atoms with Gasteiger partial charge in [0, 0.05) is 33.5 Å². The predicted octanol–water partition coefficient (Wildman–Crippen LogP) is 2.17. The predicted molar refractivity (Wildman–Crippen MR) is 79.0 cm³/mol. The fraction of sp³-hybridized carbons (Fsp3) is 0.500. The second-order valence-corrected chi connectivity index (χ2v) is 5.64. The fourth-order valence-corrected chi connectivity index (χ4v) is 2.96. The molecule has 1 aliphatic rings. The molecule has 2 heterocycles. The van der Waals surface area contributed by atoms with E-state index in [9.17, 15) is 4.79 Å². The van der Waals surface area contributed by atoms with E-state index in [0.29, 0.717) is 31.4 Å². The molecule has 1 fully saturated rings. The fourth-order valence-electron chi connectivity index (χ4n) is 2.96. The van der Waals surface area contributed by atoms with E-state index < -0.39 is 0 Å². The number of hydrogen-bond acceptors (Lipinski definition) is 4. The maximum absolute atomic E-state index is 11.9. The number of aryl methyl sites for hydroxylation is 1. The summed E-state index contributed by atoms with van der Waals surface area (Å²) >= 11 is 0. The molecular weight excluding hydrogens is 268 g/mol. The van der Waals surface area contributed by atoms with E-state index in [1.165, 1.54) is 5.56 Å². The Morgan fingerprint density at radius 3 is 3.14 bits per heavy atom. The van der Waals surface area contributed by atoms with E-state index in [4.69, 9.17) is 9.15 Å². The van der Waals surface area contributed by atoms with Gasteiger partial charge in [0.2, 0.25) is 5.91 Å². The van der Waals surface area contributed by atoms with Crippen molar-refractivity contribution in [2.45, 2.75) is 19.8 Å². The van der Waals surface area contributed by atoms with Crippen molar-refractivity contribution in [1.29, 1.82) is 0 Å². The highest BCUT2D eigenvalue weighted by molar-refractivity contribution is 5.78. The van der Waals surface area contributed by atoms with Crippen molar-refractivity contribution in [2.24, 2.45) is 5.92 Å². The van der Waals surface area contributed by atoms with Crippen LogP contribution in [0.25, 0.3) is 11.1 Å². The average molecular weight is 288 g/mol. The first-order valence-electron chi connectivity index (χ1n) is 7.28. The van der Waals surface area contributed by atoms with E-state index in [1.807, 2.05) is 17.9 Å². The van der Waals surface area contributed by atoms with E-state index in [1.54, 1.807) is 7.11 Å². The number of amides is 1. The molecule has 0 radical (unpaired) electrons. The number of ether oxygens (including phenoxy) is 1. The molecule has 1 aromatic carbocycles. The molecule has 1 atom stereocenters. The molecular formula is C16H20N2O3. The third-order valence-corrected chi connectivity index (χ3v) is 3.94. The highest BCUT2D eigenvalue weighted by Gasteiger charge is 2.29. The topological polar surface area (TPSA) is 55.6 Å². The summed E-state index contributed by atoms with van der Waals surface area (Å²) in [5, 5.41) is 0. The number of rotatable bonds is 5. The molecule has 1 aliphatic heterocycles. The van der Waals surface area contributed by atoms with Gasteiger partial charge in [-0.1, -0.05) is 6.07 Å². The summed E-state index contributed by atoms with van der Waals surface area (Å²) < 4.78 is 10.5. The number of likely N-dealkylation sites (tertiary alicyclic amines) is 1. The van der Waals surface area contributed by atoms with Gasteiger partial charge >= 0.3 is 0 Å². The largest absolute Gasteiger partial charge is 0.441 e. The number of carbonyl (C=O) groups is 1. The van der Waals surface area contributed by atoms with Crippen LogP contribution < -0.4 is 0 Å². The number of methoxy groups -OCH3 is 1. The van der Waals surface area contributed by atoms with E-state index in [-0.39, 0.29) is 5.91 Å². The second-order valence-electron chi connectivity index (χ2n) is 5.64. The maximum atomic E-state index is 11.9. The highest BCUT2D eigenvalue weighted by atomic mass is 16.5. The van der Waals surface area contributed by atoms with Gasteiger partial charge in [-0.15, -0.1) is 0 Å². The van der Waals surface area contributed by atoms with Gasteiger partial charge < -0.3 is 14.1 Å². The summed E-state index contributed by atoms with van der Waals surface area (Å²) in [5.74, 6) is 1.29. The summed E-state index contributed by atoms with van der Waals surface area (Å²) in [6.07, 6.45) is 1.52. The van der Waals surface area contributed by atoms with E-state index in [2.05, 4.69) is 17.1 Å². The summed E-state index contributed by atoms with van der Waals surface area (Å²) in [6.45, 7) is 3.96. The van der Waals surface area contributed by atoms with Crippen LogP contribution in [0, 0.1) is 12.8 Å². The minimum atomic E-state index is 0.232. The van der Waals surface area contributed by atoms with Crippen LogP contribution in [0.5, 0.6) is 0 Å². The number of hydrogen-bond donors (Lipinski definition) is 0. The molecule has 3 rings (SSSR count). The number of oxazole rings is 1. The monoisotopic (exact) mass is 288 g/mol. The third-order valence-electron chi connectivity index (χ3n) is 3.94. The lowest BCUT2D eigenvalue weighted by molar-refractivity contribution is -0.128. The van der Waals surface area contributed by atoms with Gasteiger partial charge in [0.15, 0.2) is 11.5 Å². The molecule has 1 saturated heterocycles. The third kappa shape index (κ3) is 3.08. The summed E-state index contributed by atoms with van der Waals surface area (Å²) in [7, 11) is 1.66. The van der Waals surface area contributed by atoms with Crippen molar-refractivity contribution in [3.05, 3.63) is 29.7 Å². The van der Waals surface area contributed by atoms with Crippen molar-refractivity contribution in [3.8, 4) is 0 Å². The molecule has 0 aliphatic carbocycles. The quantitative estimate of drug-likeness (QED) is 0.846. The van der Waals surface area contributed by atoms with Crippen molar-refractivity contribution in [2.75, 3.05) is 26.8 Å². The van der Waals surface area contributed by atoms with Crippen LogP contribution in [0.15, 0.2) is 22.6 Å². The van der Waals surface area contributed by atoms with Crippen molar-refractivity contribution in [3.63, 3.8) is 0 Å². The number of nitrogens with zero attached hydrogens (tertiary/aromatic N) is 2. The summed E-state index contributed by atoms with van der Waals surface area (Å²) in [5.41, 5.74) is 2.92. The first-order chi connectivity index (χ1) is 10.2. The van der Waals surface area contributed by atoms with Crippen molar-refractivity contribution in [1.82, 2.24) is 9.88 Å². The van der Waals surface area contributed by atoms with Crippen LogP contribution in [0.4, 0.5) is 0 Å². The molecule has 0 unspecified atom stereocenters. The first kappa shape index (κ1) is 14.1. The Balaban J connectivity index is 1.66. The molecule has 5 nitrogen and oxygen atoms in total. The Labute approximate surface area is 123 Å². The molecule has 5 heteroatoms. The van der Waals surface area contributed by atoms with Gasteiger partial charge in [-0.3, -0.25) is 4.79 Å². The first-order valence-corrected chi connectivity index (χ1v) is 7.28. The Morgan fingerprint density at radius 2 is 2.33 bits per heavy atom. The van der Waals surface area contributed by atoms with Crippen LogP contribution in [0.1, 0.15) is 17.9 Å². The molecule has 1 amide bonds. The molecule has 0 bridgehead atoms. The Kier molecular flexibility index (Phi) is 3.92. The van der Waals surface area contributed by atoms with Crippen LogP contribution in [-0.2, 0) is 16.0 Å². The number of carbonyl (C=O) groups excluding carboxylic acids is 1. The molecule has 21 heavy (non-hydrogen) atoms. The minimum Gasteiger partial charge on any atom is -0.441 e. The molecule has 2 aromatic rings. The summed E-state index contributed by atoms with van der Waals surface area (Å²) in [6, 6.07) is 6.09. The maximum Gasteiger partial charge on any atom is 0.223 e. The smallest absolute Gasteiger partial charge is 0.223 e. The zero-order valence-electron chi connectivity index (χ0n) is 12.5. The highest BCUT2D eigenvalue weighted by Crippen LogP contribution is 2.24. The van der Waals surface area contributed by atoms with Gasteiger partial charge in [-0.2, -0.15) is 0 Å². The van der Waals surface area contributed by atoms with Gasteiger partial charge in [-0.05, 0) is 30.0 Å². The minimum absolute atomic E-state index is 0.232. The Bertz CT molecular complexity index is 650. The van der Waals surface area contributed by atoms with E-state index >= 15 is 0 Å². The normalized spacial score (nSPS) is 18.9. The molecule has 0 N–H and O–H groups in total. The Hall–Kier alpha value is -1.88. The standard InChI is InChI=1S/C16H20N2O3/c1-11-17-14-8-12(3-4-15(14)21-11)7-13-9-16(19)18(10-13)5-6-20-2/h3-4,8,13H,5-7,9-10H2,1-2H3/t13-/m1/s1. The number of fused-ring (bicyclic) bond motifs is 1.